The van der Waals surface area contributed by atoms with Crippen LogP contribution in [0.1, 0.15) is 19.4 Å². The van der Waals surface area contributed by atoms with Crippen molar-refractivity contribution in [3.8, 4) is 0 Å². The van der Waals surface area contributed by atoms with Crippen molar-refractivity contribution in [3.63, 3.8) is 0 Å². The minimum atomic E-state index is 0.250. The van der Waals surface area contributed by atoms with Crippen LogP contribution in [0, 0.1) is 18.8 Å². The number of anilines is 1. The highest BCUT2D eigenvalue weighted by Crippen LogP contribution is 2.43. The number of fused-ring (bicyclic) bond motifs is 1. The molecule has 3 rings (SSSR count). The summed E-state index contributed by atoms with van der Waals surface area (Å²) >= 11 is 0. The molecule has 2 unspecified atom stereocenters. The molecule has 0 saturated carbocycles. The van der Waals surface area contributed by atoms with Crippen LogP contribution in [0.5, 0.6) is 0 Å². The number of nitrogens with zero attached hydrogens (tertiary/aromatic N) is 2. The van der Waals surface area contributed by atoms with Crippen LogP contribution in [0.3, 0.4) is 0 Å². The first-order chi connectivity index (χ1) is 8.10. The molecule has 2 atom stereocenters. The van der Waals surface area contributed by atoms with Crippen molar-refractivity contribution < 1.29 is 0 Å². The second-order valence-electron chi connectivity index (χ2n) is 5.95. The Morgan fingerprint density at radius 1 is 1.41 bits per heavy atom. The Morgan fingerprint density at radius 2 is 2.24 bits per heavy atom. The van der Waals surface area contributed by atoms with Gasteiger partial charge in [0.05, 0.1) is 0 Å². The Morgan fingerprint density at radius 3 is 2.94 bits per heavy atom. The minimum absolute atomic E-state index is 0.250. The maximum atomic E-state index is 4.20. The average molecular weight is 231 g/mol. The van der Waals surface area contributed by atoms with Crippen LogP contribution in [-0.4, -0.2) is 30.2 Å². The average Bonchev–Trinajstić information content (AvgIpc) is 2.83. The maximum absolute atomic E-state index is 4.20. The number of nitrogens with one attached hydrogen (secondary N) is 1. The van der Waals surface area contributed by atoms with Gasteiger partial charge >= 0.3 is 0 Å². The summed E-state index contributed by atoms with van der Waals surface area (Å²) < 4.78 is 0. The van der Waals surface area contributed by atoms with Gasteiger partial charge in [0.2, 0.25) is 0 Å². The Bertz CT molecular complexity index is 427. The van der Waals surface area contributed by atoms with Gasteiger partial charge in [0, 0.05) is 43.3 Å². The molecule has 0 spiro atoms. The standard InChI is InChI=1S/C14H21N3/c1-10-6-15-5-4-13(10)17-9-11-7-16-8-12(11)14(17,2)3/h4-6,11-12,16H,7-9H2,1-3H3. The highest BCUT2D eigenvalue weighted by atomic mass is 15.3. The monoisotopic (exact) mass is 231 g/mol. The number of pyridine rings is 1. The summed E-state index contributed by atoms with van der Waals surface area (Å²) in [6.45, 7) is 10.4. The van der Waals surface area contributed by atoms with Gasteiger partial charge in [-0.1, -0.05) is 0 Å². The van der Waals surface area contributed by atoms with E-state index in [1.807, 2.05) is 12.4 Å². The summed E-state index contributed by atoms with van der Waals surface area (Å²) in [7, 11) is 0. The predicted molar refractivity (Wildman–Crippen MR) is 70.2 cm³/mol. The second kappa shape index (κ2) is 3.70. The molecule has 0 bridgehead atoms. The zero-order valence-corrected chi connectivity index (χ0v) is 10.9. The number of aryl methyl sites for hydroxylation is 1. The fraction of sp³-hybridized carbons (Fsp3) is 0.643. The van der Waals surface area contributed by atoms with Crippen LogP contribution in [0.15, 0.2) is 18.5 Å². The molecule has 1 N–H and O–H groups in total. The van der Waals surface area contributed by atoms with E-state index in [0.717, 1.165) is 18.4 Å². The summed E-state index contributed by atoms with van der Waals surface area (Å²) in [4.78, 5) is 6.78. The molecule has 1 aromatic heterocycles. The van der Waals surface area contributed by atoms with E-state index in [4.69, 9.17) is 0 Å². The van der Waals surface area contributed by atoms with Gasteiger partial charge in [-0.3, -0.25) is 4.98 Å². The van der Waals surface area contributed by atoms with Crippen molar-refractivity contribution in [3.05, 3.63) is 24.0 Å². The van der Waals surface area contributed by atoms with E-state index in [9.17, 15) is 0 Å². The minimum Gasteiger partial charge on any atom is -0.365 e. The molecule has 3 heterocycles. The number of hydrogen-bond acceptors (Lipinski definition) is 3. The Balaban J connectivity index is 1.97. The van der Waals surface area contributed by atoms with E-state index in [0.29, 0.717) is 0 Å². The van der Waals surface area contributed by atoms with Gasteiger partial charge in [0.25, 0.3) is 0 Å². The molecule has 3 heteroatoms. The van der Waals surface area contributed by atoms with Crippen molar-refractivity contribution in [2.75, 3.05) is 24.5 Å². The quantitative estimate of drug-likeness (QED) is 0.799. The van der Waals surface area contributed by atoms with E-state index < -0.39 is 0 Å². The molecular formula is C14H21N3. The lowest BCUT2D eigenvalue weighted by molar-refractivity contribution is 0.357. The van der Waals surface area contributed by atoms with Crippen molar-refractivity contribution >= 4 is 5.69 Å². The van der Waals surface area contributed by atoms with Crippen LogP contribution in [-0.2, 0) is 0 Å². The van der Waals surface area contributed by atoms with Gasteiger partial charge in [-0.2, -0.15) is 0 Å². The first-order valence-corrected chi connectivity index (χ1v) is 6.49. The summed E-state index contributed by atoms with van der Waals surface area (Å²) in [5.74, 6) is 1.58. The lowest BCUT2D eigenvalue weighted by Crippen LogP contribution is -2.44. The molecule has 2 fully saturated rings. The van der Waals surface area contributed by atoms with E-state index >= 15 is 0 Å². The summed E-state index contributed by atoms with van der Waals surface area (Å²) in [6, 6.07) is 2.16. The van der Waals surface area contributed by atoms with Crippen LogP contribution in [0.25, 0.3) is 0 Å². The van der Waals surface area contributed by atoms with Gasteiger partial charge in [-0.05, 0) is 44.2 Å². The summed E-state index contributed by atoms with van der Waals surface area (Å²) in [6.07, 6.45) is 3.88. The molecule has 92 valence electrons. The molecule has 0 aliphatic carbocycles. The van der Waals surface area contributed by atoms with Crippen molar-refractivity contribution in [2.45, 2.75) is 26.3 Å². The van der Waals surface area contributed by atoms with Crippen LogP contribution in [0.4, 0.5) is 5.69 Å². The normalized spacial score (nSPS) is 30.6. The third-order valence-electron chi connectivity index (χ3n) is 4.64. The molecule has 3 nitrogen and oxygen atoms in total. The molecule has 2 saturated heterocycles. The fourth-order valence-corrected chi connectivity index (χ4v) is 3.60. The number of hydrogen-bond donors (Lipinski definition) is 1. The molecule has 2 aliphatic heterocycles. The topological polar surface area (TPSA) is 28.2 Å². The van der Waals surface area contributed by atoms with E-state index in [1.165, 1.54) is 24.3 Å². The SMILES string of the molecule is Cc1cnccc1N1CC2CNCC2C1(C)C. The first-order valence-electron chi connectivity index (χ1n) is 6.49. The largest absolute Gasteiger partial charge is 0.365 e. The maximum Gasteiger partial charge on any atom is 0.0431 e. The Hall–Kier alpha value is -1.09. The molecule has 0 radical (unpaired) electrons. The van der Waals surface area contributed by atoms with E-state index in [1.54, 1.807) is 0 Å². The Labute approximate surface area is 103 Å². The second-order valence-corrected chi connectivity index (χ2v) is 5.95. The fourth-order valence-electron chi connectivity index (χ4n) is 3.60. The molecule has 17 heavy (non-hydrogen) atoms. The lowest BCUT2D eigenvalue weighted by Gasteiger charge is -2.38. The predicted octanol–water partition coefficient (Wildman–Crippen LogP) is 1.82. The molecule has 2 aliphatic rings. The zero-order chi connectivity index (χ0) is 12.0. The molecule has 1 aromatic rings. The van der Waals surface area contributed by atoms with Crippen LogP contribution in [0.2, 0.25) is 0 Å². The van der Waals surface area contributed by atoms with E-state index in [2.05, 4.69) is 42.0 Å². The van der Waals surface area contributed by atoms with Crippen LogP contribution >= 0.6 is 0 Å². The Kier molecular flexibility index (Phi) is 2.40. The summed E-state index contributed by atoms with van der Waals surface area (Å²) in [5, 5.41) is 3.53. The van der Waals surface area contributed by atoms with E-state index in [-0.39, 0.29) is 5.54 Å². The smallest absolute Gasteiger partial charge is 0.0431 e. The van der Waals surface area contributed by atoms with Gasteiger partial charge in [0.1, 0.15) is 0 Å². The third-order valence-corrected chi connectivity index (χ3v) is 4.64. The van der Waals surface area contributed by atoms with Gasteiger partial charge in [-0.25, -0.2) is 0 Å². The van der Waals surface area contributed by atoms with Gasteiger partial charge < -0.3 is 10.2 Å². The van der Waals surface area contributed by atoms with Crippen LogP contribution < -0.4 is 10.2 Å². The first kappa shape index (κ1) is 11.0. The molecular weight excluding hydrogens is 210 g/mol. The highest BCUT2D eigenvalue weighted by molar-refractivity contribution is 5.55. The number of aromatic nitrogens is 1. The zero-order valence-electron chi connectivity index (χ0n) is 10.9. The van der Waals surface area contributed by atoms with Crippen molar-refractivity contribution in [1.82, 2.24) is 10.3 Å². The molecule has 0 aromatic carbocycles. The number of rotatable bonds is 1. The lowest BCUT2D eigenvalue weighted by atomic mass is 9.84. The van der Waals surface area contributed by atoms with Crippen molar-refractivity contribution in [1.29, 1.82) is 0 Å². The van der Waals surface area contributed by atoms with Gasteiger partial charge in [0.15, 0.2) is 0 Å². The highest BCUT2D eigenvalue weighted by Gasteiger charge is 2.49. The molecule has 0 amide bonds. The van der Waals surface area contributed by atoms with Crippen molar-refractivity contribution in [2.24, 2.45) is 11.8 Å². The summed E-state index contributed by atoms with van der Waals surface area (Å²) in [5.41, 5.74) is 2.90. The van der Waals surface area contributed by atoms with Gasteiger partial charge in [-0.15, -0.1) is 0 Å². The third kappa shape index (κ3) is 1.56.